The van der Waals surface area contributed by atoms with Crippen LogP contribution in [0.3, 0.4) is 0 Å². The smallest absolute Gasteiger partial charge is 0.338 e. The van der Waals surface area contributed by atoms with Crippen molar-refractivity contribution >= 4 is 27.6 Å². The van der Waals surface area contributed by atoms with Crippen LogP contribution in [0, 0.1) is 5.92 Å². The van der Waals surface area contributed by atoms with Crippen molar-refractivity contribution in [3.05, 3.63) is 28.2 Å². The number of piperidine rings is 1. The molecule has 0 aliphatic carbocycles. The van der Waals surface area contributed by atoms with Crippen LogP contribution in [0.15, 0.2) is 22.7 Å². The summed E-state index contributed by atoms with van der Waals surface area (Å²) in [6.45, 7) is 4.13. The topological polar surface area (TPSA) is 40.5 Å². The summed E-state index contributed by atoms with van der Waals surface area (Å²) in [6, 6.07) is 5.56. The summed E-state index contributed by atoms with van der Waals surface area (Å²) in [5.74, 6) is -0.127. The predicted octanol–water partition coefficient (Wildman–Crippen LogP) is 3.38. The molecule has 0 aromatic heterocycles. The number of carboxylic acids is 1. The van der Waals surface area contributed by atoms with Gasteiger partial charge in [-0.15, -0.1) is 0 Å². The van der Waals surface area contributed by atoms with Gasteiger partial charge in [0, 0.05) is 17.6 Å². The lowest BCUT2D eigenvalue weighted by Gasteiger charge is -2.33. The Morgan fingerprint density at radius 3 is 2.65 bits per heavy atom. The maximum Gasteiger partial charge on any atom is 0.338 e. The standard InChI is InChI=1S/C13H16BrNO2/c1-9-5-7-15(8-6-9)11-4-2-3-10(14)12(11)13(16)17/h2-4,9H,5-8H2,1H3,(H,16,17). The van der Waals surface area contributed by atoms with Gasteiger partial charge in [0.15, 0.2) is 0 Å². The molecule has 0 saturated carbocycles. The van der Waals surface area contributed by atoms with Crippen LogP contribution >= 0.6 is 15.9 Å². The van der Waals surface area contributed by atoms with Crippen LogP contribution in [-0.2, 0) is 0 Å². The van der Waals surface area contributed by atoms with Crippen LogP contribution < -0.4 is 4.90 Å². The molecule has 1 aromatic carbocycles. The molecule has 3 nitrogen and oxygen atoms in total. The van der Waals surface area contributed by atoms with Crippen LogP contribution in [-0.4, -0.2) is 24.2 Å². The van der Waals surface area contributed by atoms with Crippen molar-refractivity contribution in [2.24, 2.45) is 5.92 Å². The molecule has 17 heavy (non-hydrogen) atoms. The highest BCUT2D eigenvalue weighted by Crippen LogP contribution is 2.30. The zero-order valence-electron chi connectivity index (χ0n) is 9.82. The molecular weight excluding hydrogens is 282 g/mol. The van der Waals surface area contributed by atoms with Gasteiger partial charge in [-0.1, -0.05) is 13.0 Å². The summed E-state index contributed by atoms with van der Waals surface area (Å²) in [5, 5.41) is 9.27. The van der Waals surface area contributed by atoms with Crippen LogP contribution in [0.2, 0.25) is 0 Å². The van der Waals surface area contributed by atoms with E-state index in [-0.39, 0.29) is 0 Å². The minimum absolute atomic E-state index is 0.377. The average molecular weight is 298 g/mol. The Bertz CT molecular complexity index is 425. The van der Waals surface area contributed by atoms with E-state index in [1.807, 2.05) is 12.1 Å². The van der Waals surface area contributed by atoms with Gasteiger partial charge in [-0.3, -0.25) is 0 Å². The van der Waals surface area contributed by atoms with Crippen molar-refractivity contribution < 1.29 is 9.90 Å². The first-order valence-electron chi connectivity index (χ1n) is 5.86. The van der Waals surface area contributed by atoms with E-state index >= 15 is 0 Å². The van der Waals surface area contributed by atoms with E-state index in [9.17, 15) is 9.90 Å². The molecule has 0 atom stereocenters. The van der Waals surface area contributed by atoms with E-state index in [4.69, 9.17) is 0 Å². The van der Waals surface area contributed by atoms with Gasteiger partial charge in [0.05, 0.1) is 11.3 Å². The Hall–Kier alpha value is -1.03. The highest BCUT2D eigenvalue weighted by molar-refractivity contribution is 9.10. The van der Waals surface area contributed by atoms with Gasteiger partial charge in [0.2, 0.25) is 0 Å². The van der Waals surface area contributed by atoms with Gasteiger partial charge in [-0.25, -0.2) is 4.79 Å². The van der Waals surface area contributed by atoms with Gasteiger partial charge in [0.1, 0.15) is 0 Å². The fourth-order valence-corrected chi connectivity index (χ4v) is 2.76. The lowest BCUT2D eigenvalue weighted by atomic mass is 9.98. The van der Waals surface area contributed by atoms with Crippen molar-refractivity contribution in [2.75, 3.05) is 18.0 Å². The molecular formula is C13H16BrNO2. The Morgan fingerprint density at radius 1 is 1.41 bits per heavy atom. The minimum atomic E-state index is -0.869. The fraction of sp³-hybridized carbons (Fsp3) is 0.462. The summed E-state index contributed by atoms with van der Waals surface area (Å²) in [5.41, 5.74) is 1.21. The Labute approximate surface area is 110 Å². The first-order chi connectivity index (χ1) is 8.09. The van der Waals surface area contributed by atoms with Crippen molar-refractivity contribution in [3.63, 3.8) is 0 Å². The first kappa shape index (κ1) is 12.4. The third-order valence-electron chi connectivity index (χ3n) is 3.33. The van der Waals surface area contributed by atoms with E-state index in [0.717, 1.165) is 37.5 Å². The second kappa shape index (κ2) is 5.08. The lowest BCUT2D eigenvalue weighted by Crippen LogP contribution is -2.33. The number of halogens is 1. The molecule has 0 bridgehead atoms. The van der Waals surface area contributed by atoms with Crippen LogP contribution in [0.5, 0.6) is 0 Å². The number of anilines is 1. The lowest BCUT2D eigenvalue weighted by molar-refractivity contribution is 0.0696. The van der Waals surface area contributed by atoms with Crippen molar-refractivity contribution in [1.82, 2.24) is 0 Å². The van der Waals surface area contributed by atoms with Crippen LogP contribution in [0.4, 0.5) is 5.69 Å². The number of hydrogen-bond acceptors (Lipinski definition) is 2. The van der Waals surface area contributed by atoms with E-state index < -0.39 is 5.97 Å². The summed E-state index contributed by atoms with van der Waals surface area (Å²) in [4.78, 5) is 13.5. The van der Waals surface area contributed by atoms with Gasteiger partial charge in [-0.05, 0) is 46.8 Å². The van der Waals surface area contributed by atoms with Crippen LogP contribution in [0.1, 0.15) is 30.1 Å². The van der Waals surface area contributed by atoms with Crippen molar-refractivity contribution in [1.29, 1.82) is 0 Å². The number of carboxylic acid groups (broad SMARTS) is 1. The summed E-state index contributed by atoms with van der Waals surface area (Å²) in [7, 11) is 0. The SMILES string of the molecule is CC1CCN(c2cccc(Br)c2C(=O)O)CC1. The maximum absolute atomic E-state index is 11.3. The number of aromatic carboxylic acids is 1. The third-order valence-corrected chi connectivity index (χ3v) is 3.99. The zero-order valence-corrected chi connectivity index (χ0v) is 11.4. The monoisotopic (exact) mass is 297 g/mol. The summed E-state index contributed by atoms with van der Waals surface area (Å²) < 4.78 is 0.654. The molecule has 0 unspecified atom stereocenters. The minimum Gasteiger partial charge on any atom is -0.478 e. The highest BCUT2D eigenvalue weighted by Gasteiger charge is 2.22. The number of carbonyl (C=O) groups is 1. The van der Waals surface area contributed by atoms with Gasteiger partial charge in [-0.2, -0.15) is 0 Å². The van der Waals surface area contributed by atoms with Gasteiger partial charge in [0.25, 0.3) is 0 Å². The third kappa shape index (κ3) is 2.63. The van der Waals surface area contributed by atoms with Crippen molar-refractivity contribution in [2.45, 2.75) is 19.8 Å². The second-order valence-electron chi connectivity index (χ2n) is 4.61. The van der Waals surface area contributed by atoms with E-state index in [0.29, 0.717) is 10.0 Å². The van der Waals surface area contributed by atoms with E-state index in [1.165, 1.54) is 0 Å². The predicted molar refractivity (Wildman–Crippen MR) is 71.7 cm³/mol. The molecule has 4 heteroatoms. The summed E-state index contributed by atoms with van der Waals surface area (Å²) >= 11 is 3.32. The molecule has 1 fully saturated rings. The molecule has 0 spiro atoms. The van der Waals surface area contributed by atoms with E-state index in [1.54, 1.807) is 6.07 Å². The first-order valence-corrected chi connectivity index (χ1v) is 6.65. The molecule has 1 aliphatic heterocycles. The molecule has 0 radical (unpaired) electrons. The van der Waals surface area contributed by atoms with E-state index in [2.05, 4.69) is 27.8 Å². The normalized spacial score (nSPS) is 17.2. The molecule has 1 saturated heterocycles. The zero-order chi connectivity index (χ0) is 12.4. The highest BCUT2D eigenvalue weighted by atomic mass is 79.9. The van der Waals surface area contributed by atoms with Crippen LogP contribution in [0.25, 0.3) is 0 Å². The molecule has 1 N–H and O–H groups in total. The molecule has 0 amide bonds. The average Bonchev–Trinajstić information content (AvgIpc) is 2.29. The number of nitrogens with zero attached hydrogens (tertiary/aromatic N) is 1. The molecule has 1 aliphatic rings. The molecule has 92 valence electrons. The fourth-order valence-electron chi connectivity index (χ4n) is 2.24. The van der Waals surface area contributed by atoms with Gasteiger partial charge < -0.3 is 10.0 Å². The van der Waals surface area contributed by atoms with Gasteiger partial charge >= 0.3 is 5.97 Å². The Balaban J connectivity index is 2.32. The Morgan fingerprint density at radius 2 is 2.06 bits per heavy atom. The second-order valence-corrected chi connectivity index (χ2v) is 5.46. The quantitative estimate of drug-likeness (QED) is 0.910. The molecule has 1 aromatic rings. The number of rotatable bonds is 2. The molecule has 2 rings (SSSR count). The number of benzene rings is 1. The summed E-state index contributed by atoms with van der Waals surface area (Å²) in [6.07, 6.45) is 2.26. The Kier molecular flexibility index (Phi) is 3.72. The van der Waals surface area contributed by atoms with Crippen molar-refractivity contribution in [3.8, 4) is 0 Å². The molecule has 1 heterocycles. The number of hydrogen-bond donors (Lipinski definition) is 1. The largest absolute Gasteiger partial charge is 0.478 e. The maximum atomic E-state index is 11.3.